The first-order chi connectivity index (χ1) is 12.3. The molecule has 0 bridgehead atoms. The average Bonchev–Trinajstić information content (AvgIpc) is 3.28. The molecule has 0 unspecified atom stereocenters. The second-order valence-corrected chi connectivity index (χ2v) is 6.21. The minimum absolute atomic E-state index is 0.0983. The summed E-state index contributed by atoms with van der Waals surface area (Å²) in [5, 5.41) is 7.26. The average molecular weight is 343 g/mol. The number of amides is 1. The highest BCUT2D eigenvalue weighted by Crippen LogP contribution is 2.14. The molecular weight excluding hydrogens is 318 g/mol. The van der Waals surface area contributed by atoms with Crippen molar-refractivity contribution < 1.29 is 14.3 Å². The highest BCUT2D eigenvalue weighted by atomic mass is 16.5. The summed E-state index contributed by atoms with van der Waals surface area (Å²) >= 11 is 0. The Morgan fingerprint density at radius 2 is 2.24 bits per heavy atom. The van der Waals surface area contributed by atoms with Crippen molar-refractivity contribution in [1.29, 1.82) is 0 Å². The monoisotopic (exact) mass is 343 g/mol. The molecule has 25 heavy (non-hydrogen) atoms. The smallest absolute Gasteiger partial charge is 0.254 e. The van der Waals surface area contributed by atoms with Crippen molar-refractivity contribution in [3.8, 4) is 5.69 Å². The van der Waals surface area contributed by atoms with E-state index < -0.39 is 0 Å². The summed E-state index contributed by atoms with van der Waals surface area (Å²) < 4.78 is 12.9. The SMILES string of the molecule is Cc1c(C(=O)NCCCOC[C@H]2CCCO2)cnn1-c1ccccc1. The molecule has 0 aliphatic carbocycles. The van der Waals surface area contributed by atoms with Crippen LogP contribution < -0.4 is 5.32 Å². The van der Waals surface area contributed by atoms with E-state index in [0.717, 1.165) is 37.3 Å². The van der Waals surface area contributed by atoms with Gasteiger partial charge >= 0.3 is 0 Å². The number of hydrogen-bond donors (Lipinski definition) is 1. The number of hydrogen-bond acceptors (Lipinski definition) is 4. The first-order valence-electron chi connectivity index (χ1n) is 8.83. The van der Waals surface area contributed by atoms with Gasteiger partial charge in [0, 0.05) is 19.8 Å². The number of ether oxygens (including phenoxy) is 2. The molecule has 2 aromatic rings. The first kappa shape index (κ1) is 17.6. The van der Waals surface area contributed by atoms with E-state index in [0.29, 0.717) is 25.3 Å². The molecule has 0 spiro atoms. The summed E-state index contributed by atoms with van der Waals surface area (Å²) in [5.41, 5.74) is 2.38. The van der Waals surface area contributed by atoms with Gasteiger partial charge in [-0.25, -0.2) is 4.68 Å². The van der Waals surface area contributed by atoms with Crippen molar-refractivity contribution >= 4 is 5.91 Å². The van der Waals surface area contributed by atoms with Gasteiger partial charge in [-0.15, -0.1) is 0 Å². The Labute approximate surface area is 148 Å². The van der Waals surface area contributed by atoms with E-state index in [1.165, 1.54) is 0 Å². The minimum Gasteiger partial charge on any atom is -0.379 e. The fourth-order valence-electron chi connectivity index (χ4n) is 2.92. The molecule has 1 saturated heterocycles. The number of nitrogens with one attached hydrogen (secondary N) is 1. The lowest BCUT2D eigenvalue weighted by atomic mass is 10.2. The molecule has 134 valence electrons. The van der Waals surface area contributed by atoms with E-state index in [9.17, 15) is 4.79 Å². The van der Waals surface area contributed by atoms with E-state index in [2.05, 4.69) is 10.4 Å². The van der Waals surface area contributed by atoms with Gasteiger partial charge in [-0.05, 0) is 38.3 Å². The number of rotatable bonds is 8. The third kappa shape index (κ3) is 4.67. The Kier molecular flexibility index (Phi) is 6.19. The van der Waals surface area contributed by atoms with Crippen LogP contribution in [-0.2, 0) is 9.47 Å². The number of carbonyl (C=O) groups excluding carboxylic acids is 1. The lowest BCUT2D eigenvalue weighted by Crippen LogP contribution is -2.26. The number of nitrogens with zero attached hydrogens (tertiary/aromatic N) is 2. The molecule has 2 heterocycles. The Hall–Kier alpha value is -2.18. The lowest BCUT2D eigenvalue weighted by molar-refractivity contribution is 0.0166. The summed E-state index contributed by atoms with van der Waals surface area (Å²) in [6.45, 7) is 4.61. The maximum absolute atomic E-state index is 12.3. The van der Waals surface area contributed by atoms with Crippen molar-refractivity contribution in [1.82, 2.24) is 15.1 Å². The molecule has 6 nitrogen and oxygen atoms in total. The maximum atomic E-state index is 12.3. The quantitative estimate of drug-likeness (QED) is 0.748. The summed E-state index contributed by atoms with van der Waals surface area (Å²) in [6.07, 6.45) is 4.86. The van der Waals surface area contributed by atoms with Gasteiger partial charge in [0.25, 0.3) is 5.91 Å². The van der Waals surface area contributed by atoms with E-state index in [1.807, 2.05) is 37.3 Å². The standard InChI is InChI=1S/C19H25N3O3/c1-15-18(13-21-22(15)16-7-3-2-4-8-16)19(23)20-10-6-11-24-14-17-9-5-12-25-17/h2-4,7-8,13,17H,5-6,9-12,14H2,1H3,(H,20,23)/t17-/m1/s1. The Bertz CT molecular complexity index is 678. The fourth-order valence-corrected chi connectivity index (χ4v) is 2.92. The summed E-state index contributed by atoms with van der Waals surface area (Å²) in [4.78, 5) is 12.3. The van der Waals surface area contributed by atoms with Gasteiger partial charge in [0.15, 0.2) is 0 Å². The summed E-state index contributed by atoms with van der Waals surface area (Å²) in [6, 6.07) is 9.79. The van der Waals surface area contributed by atoms with Gasteiger partial charge in [0.2, 0.25) is 0 Å². The van der Waals surface area contributed by atoms with Crippen LogP contribution >= 0.6 is 0 Å². The molecule has 1 aromatic carbocycles. The van der Waals surface area contributed by atoms with Crippen LogP contribution in [-0.4, -0.2) is 48.2 Å². The molecule has 0 radical (unpaired) electrons. The van der Waals surface area contributed by atoms with Gasteiger partial charge < -0.3 is 14.8 Å². The molecule has 6 heteroatoms. The number of para-hydroxylation sites is 1. The third-order valence-corrected chi connectivity index (χ3v) is 4.33. The second kappa shape index (κ2) is 8.78. The maximum Gasteiger partial charge on any atom is 0.254 e. The lowest BCUT2D eigenvalue weighted by Gasteiger charge is -2.10. The fraction of sp³-hybridized carbons (Fsp3) is 0.474. The van der Waals surface area contributed by atoms with Gasteiger partial charge in [-0.1, -0.05) is 18.2 Å². The molecule has 1 atom stereocenters. The van der Waals surface area contributed by atoms with E-state index in [4.69, 9.17) is 9.47 Å². The second-order valence-electron chi connectivity index (χ2n) is 6.21. The third-order valence-electron chi connectivity index (χ3n) is 4.33. The molecule has 1 amide bonds. The van der Waals surface area contributed by atoms with E-state index >= 15 is 0 Å². The van der Waals surface area contributed by atoms with Crippen LogP contribution in [0.25, 0.3) is 5.69 Å². The van der Waals surface area contributed by atoms with Crippen molar-refractivity contribution in [2.24, 2.45) is 0 Å². The number of aromatic nitrogens is 2. The molecule has 1 aromatic heterocycles. The first-order valence-corrected chi connectivity index (χ1v) is 8.83. The minimum atomic E-state index is -0.0983. The van der Waals surface area contributed by atoms with Gasteiger partial charge in [0.1, 0.15) is 0 Å². The Morgan fingerprint density at radius 1 is 1.40 bits per heavy atom. The van der Waals surface area contributed by atoms with Crippen molar-refractivity contribution in [2.75, 3.05) is 26.4 Å². The van der Waals surface area contributed by atoms with Crippen LogP contribution in [0.1, 0.15) is 35.3 Å². The van der Waals surface area contributed by atoms with E-state index in [1.54, 1.807) is 10.9 Å². The zero-order valence-corrected chi connectivity index (χ0v) is 14.6. The van der Waals surface area contributed by atoms with Crippen LogP contribution in [0.5, 0.6) is 0 Å². The summed E-state index contributed by atoms with van der Waals surface area (Å²) in [7, 11) is 0. The zero-order chi connectivity index (χ0) is 17.5. The van der Waals surface area contributed by atoms with Crippen LogP contribution in [0.4, 0.5) is 0 Å². The van der Waals surface area contributed by atoms with Crippen molar-refractivity contribution in [3.63, 3.8) is 0 Å². The van der Waals surface area contributed by atoms with Crippen molar-refractivity contribution in [3.05, 3.63) is 47.8 Å². The largest absolute Gasteiger partial charge is 0.379 e. The molecule has 1 fully saturated rings. The van der Waals surface area contributed by atoms with Crippen molar-refractivity contribution in [2.45, 2.75) is 32.3 Å². The van der Waals surface area contributed by atoms with Crippen LogP contribution in [0.2, 0.25) is 0 Å². The van der Waals surface area contributed by atoms with E-state index in [-0.39, 0.29) is 12.0 Å². The molecule has 1 aliphatic rings. The highest BCUT2D eigenvalue weighted by Gasteiger charge is 2.16. The topological polar surface area (TPSA) is 65.4 Å². The molecule has 3 rings (SSSR count). The normalized spacial score (nSPS) is 16.9. The molecule has 1 aliphatic heterocycles. The van der Waals surface area contributed by atoms with Crippen LogP contribution in [0.3, 0.4) is 0 Å². The number of benzene rings is 1. The predicted molar refractivity (Wildman–Crippen MR) is 95.0 cm³/mol. The molecule has 0 saturated carbocycles. The van der Waals surface area contributed by atoms with Gasteiger partial charge in [0.05, 0.1) is 35.9 Å². The van der Waals surface area contributed by atoms with Crippen LogP contribution in [0, 0.1) is 6.92 Å². The number of carbonyl (C=O) groups is 1. The highest BCUT2D eigenvalue weighted by molar-refractivity contribution is 5.95. The Balaban J connectivity index is 1.42. The molecule has 1 N–H and O–H groups in total. The Morgan fingerprint density at radius 3 is 3.00 bits per heavy atom. The van der Waals surface area contributed by atoms with Crippen LogP contribution in [0.15, 0.2) is 36.5 Å². The zero-order valence-electron chi connectivity index (χ0n) is 14.6. The van der Waals surface area contributed by atoms with Gasteiger partial charge in [-0.2, -0.15) is 5.10 Å². The van der Waals surface area contributed by atoms with Gasteiger partial charge in [-0.3, -0.25) is 4.79 Å². The molecular formula is C19H25N3O3. The summed E-state index contributed by atoms with van der Waals surface area (Å²) in [5.74, 6) is -0.0983. The predicted octanol–water partition coefficient (Wildman–Crippen LogP) is 2.50.